The summed E-state index contributed by atoms with van der Waals surface area (Å²) in [6.07, 6.45) is -0.334. The largest absolute Gasteiger partial charge is 0.452 e. The second-order valence-electron chi connectivity index (χ2n) is 10.3. The second kappa shape index (κ2) is 9.44. The summed E-state index contributed by atoms with van der Waals surface area (Å²) in [5.74, 6) is -2.36. The molecule has 2 fully saturated rings. The molecule has 2 N–H and O–H groups in total. The normalized spacial score (nSPS) is 27.6. The number of nitrogens with zero attached hydrogens (tertiary/aromatic N) is 2. The SMILES string of the molecule is C=CCOC(=O)N1[C@H]2[C@@H]1CN1C3=C(C(=O)C4=C(CC(C(C)=O)=C(c5ccccc5)O4)C3=O)[C@@H](COC(N)=O)[C@@]21OC. The molecule has 12 heteroatoms. The van der Waals surface area contributed by atoms with Crippen molar-refractivity contribution in [2.24, 2.45) is 11.7 Å². The summed E-state index contributed by atoms with van der Waals surface area (Å²) in [4.78, 5) is 68.6. The molecule has 41 heavy (non-hydrogen) atoms. The van der Waals surface area contributed by atoms with E-state index in [4.69, 9.17) is 24.7 Å². The second-order valence-corrected chi connectivity index (χ2v) is 10.3. The van der Waals surface area contributed by atoms with Gasteiger partial charge >= 0.3 is 12.2 Å². The lowest BCUT2D eigenvalue weighted by Gasteiger charge is -2.40. The molecule has 1 aliphatic carbocycles. The lowest BCUT2D eigenvalue weighted by Crippen LogP contribution is -2.56. The van der Waals surface area contributed by atoms with Crippen LogP contribution in [0.15, 0.2) is 71.2 Å². The molecule has 4 aliphatic heterocycles. The molecule has 0 unspecified atom stereocenters. The molecule has 6 rings (SSSR count). The molecular formula is C29H27N3O9. The number of amides is 2. The van der Waals surface area contributed by atoms with E-state index in [1.807, 2.05) is 0 Å². The number of rotatable bonds is 7. The lowest BCUT2D eigenvalue weighted by molar-refractivity contribution is -0.144. The fourth-order valence-electron chi connectivity index (χ4n) is 6.62. The molecule has 0 bridgehead atoms. The number of hydrogen-bond donors (Lipinski definition) is 1. The van der Waals surface area contributed by atoms with Crippen molar-refractivity contribution in [2.75, 3.05) is 26.9 Å². The first kappa shape index (κ1) is 26.5. The Morgan fingerprint density at radius 2 is 1.88 bits per heavy atom. The van der Waals surface area contributed by atoms with Gasteiger partial charge in [-0.25, -0.2) is 9.59 Å². The Bertz CT molecular complexity index is 1520. The molecule has 1 aromatic carbocycles. The number of ether oxygens (including phenoxy) is 4. The fourth-order valence-corrected chi connectivity index (χ4v) is 6.62. The maximum atomic E-state index is 14.2. The van der Waals surface area contributed by atoms with E-state index in [9.17, 15) is 24.0 Å². The molecule has 0 spiro atoms. The van der Waals surface area contributed by atoms with E-state index in [2.05, 4.69) is 6.58 Å². The van der Waals surface area contributed by atoms with Gasteiger partial charge in [0.2, 0.25) is 11.6 Å². The molecule has 0 radical (unpaired) electrons. The van der Waals surface area contributed by atoms with Crippen LogP contribution in [-0.2, 0) is 33.3 Å². The fraction of sp³-hybridized carbons (Fsp3) is 0.345. The number of benzene rings is 1. The van der Waals surface area contributed by atoms with E-state index in [-0.39, 0.29) is 71.9 Å². The molecule has 212 valence electrons. The number of carbonyl (C=O) groups excluding carboxylic acids is 5. The van der Waals surface area contributed by atoms with Crippen molar-refractivity contribution in [3.05, 3.63) is 76.7 Å². The Balaban J connectivity index is 1.41. The number of fused-ring (bicyclic) bond motifs is 4. The third-order valence-corrected chi connectivity index (χ3v) is 8.28. The molecule has 1 aromatic rings. The summed E-state index contributed by atoms with van der Waals surface area (Å²) in [6, 6.07) is 7.84. The van der Waals surface area contributed by atoms with Crippen molar-refractivity contribution >= 4 is 35.3 Å². The number of allylic oxidation sites excluding steroid dienone is 3. The van der Waals surface area contributed by atoms with E-state index in [0.717, 1.165) is 0 Å². The minimum atomic E-state index is -1.42. The minimum absolute atomic E-state index is 0.00160. The van der Waals surface area contributed by atoms with Gasteiger partial charge in [-0.3, -0.25) is 19.3 Å². The number of ketones is 3. The van der Waals surface area contributed by atoms with Crippen molar-refractivity contribution in [3.8, 4) is 0 Å². The Labute approximate surface area is 234 Å². The number of methoxy groups -OCH3 is 1. The molecule has 0 saturated carbocycles. The van der Waals surface area contributed by atoms with Gasteiger partial charge in [0.25, 0.3) is 0 Å². The van der Waals surface area contributed by atoms with E-state index in [1.165, 1.54) is 25.0 Å². The van der Waals surface area contributed by atoms with Gasteiger partial charge in [0.15, 0.2) is 17.3 Å². The van der Waals surface area contributed by atoms with Crippen LogP contribution in [0.1, 0.15) is 18.9 Å². The van der Waals surface area contributed by atoms with Crippen LogP contribution >= 0.6 is 0 Å². The summed E-state index contributed by atoms with van der Waals surface area (Å²) in [6.45, 7) is 4.71. The highest BCUT2D eigenvalue weighted by atomic mass is 16.6. The number of Topliss-reactive ketones (excluding diaryl/α,β-unsaturated/α-hetero) is 3. The van der Waals surface area contributed by atoms with E-state index < -0.39 is 41.4 Å². The quantitative estimate of drug-likeness (QED) is 0.296. The van der Waals surface area contributed by atoms with Crippen molar-refractivity contribution in [2.45, 2.75) is 31.2 Å². The first-order valence-corrected chi connectivity index (χ1v) is 13.0. The van der Waals surface area contributed by atoms with Crippen molar-refractivity contribution < 1.29 is 42.9 Å². The van der Waals surface area contributed by atoms with Crippen LogP contribution in [0, 0.1) is 5.92 Å². The Hall–Kier alpha value is -4.71. The minimum Gasteiger partial charge on any atom is -0.452 e. The molecule has 0 aromatic heterocycles. The molecule has 2 amide bonds. The maximum Gasteiger partial charge on any atom is 0.410 e. The number of primary amides is 1. The number of piperazine rings is 1. The highest BCUT2D eigenvalue weighted by Crippen LogP contribution is 2.60. The highest BCUT2D eigenvalue weighted by molar-refractivity contribution is 6.26. The van der Waals surface area contributed by atoms with Crippen molar-refractivity contribution in [1.29, 1.82) is 0 Å². The number of nitrogens with two attached hydrogens (primary N) is 1. The summed E-state index contributed by atoms with van der Waals surface area (Å²) in [5.41, 5.74) is 4.89. The van der Waals surface area contributed by atoms with E-state index in [0.29, 0.717) is 5.56 Å². The van der Waals surface area contributed by atoms with Crippen LogP contribution < -0.4 is 5.73 Å². The van der Waals surface area contributed by atoms with Crippen LogP contribution in [-0.4, -0.2) is 84.0 Å². The lowest BCUT2D eigenvalue weighted by atomic mass is 9.80. The first-order chi connectivity index (χ1) is 19.7. The van der Waals surface area contributed by atoms with Gasteiger partial charge in [-0.15, -0.1) is 0 Å². The zero-order chi connectivity index (χ0) is 29.2. The summed E-state index contributed by atoms with van der Waals surface area (Å²) < 4.78 is 22.5. The van der Waals surface area contributed by atoms with Gasteiger partial charge in [-0.2, -0.15) is 0 Å². The molecular weight excluding hydrogens is 534 g/mol. The molecule has 4 atom stereocenters. The average Bonchev–Trinajstić information content (AvgIpc) is 3.47. The third-order valence-electron chi connectivity index (χ3n) is 8.28. The zero-order valence-electron chi connectivity index (χ0n) is 22.4. The van der Waals surface area contributed by atoms with Crippen molar-refractivity contribution in [1.82, 2.24) is 9.80 Å². The average molecular weight is 562 g/mol. The summed E-state index contributed by atoms with van der Waals surface area (Å²) >= 11 is 0. The predicted octanol–water partition coefficient (Wildman–Crippen LogP) is 1.83. The standard InChI is InChI=1S/C29H27N3O9/c1-4-10-39-28(37)32-19-12-31-21-20(18(13-40-27(30)36)29(31,38-3)26(19)32)23(35)25-17(22(21)34)11-16(14(2)33)24(41-25)15-8-6-5-7-9-15/h4-9,18-19,26H,1,10-13H2,2-3H3,(H2,30,36)/t18-,19+,26+,29-,32?/m1/s1. The Morgan fingerprint density at radius 3 is 2.51 bits per heavy atom. The molecule has 4 heterocycles. The van der Waals surface area contributed by atoms with Gasteiger partial charge in [-0.05, 0) is 6.92 Å². The van der Waals surface area contributed by atoms with E-state index >= 15 is 0 Å². The van der Waals surface area contributed by atoms with Gasteiger partial charge in [0.1, 0.15) is 25.0 Å². The van der Waals surface area contributed by atoms with Gasteiger partial charge < -0.3 is 29.6 Å². The van der Waals surface area contributed by atoms with Gasteiger partial charge in [-0.1, -0.05) is 43.0 Å². The molecule has 5 aliphatic rings. The zero-order valence-corrected chi connectivity index (χ0v) is 22.4. The van der Waals surface area contributed by atoms with Crippen LogP contribution in [0.25, 0.3) is 5.76 Å². The summed E-state index contributed by atoms with van der Waals surface area (Å²) in [7, 11) is 1.40. The van der Waals surface area contributed by atoms with Gasteiger partial charge in [0, 0.05) is 36.8 Å². The van der Waals surface area contributed by atoms with Crippen LogP contribution in [0.3, 0.4) is 0 Å². The van der Waals surface area contributed by atoms with Crippen LogP contribution in [0.5, 0.6) is 0 Å². The predicted molar refractivity (Wildman–Crippen MR) is 140 cm³/mol. The maximum absolute atomic E-state index is 14.2. The monoisotopic (exact) mass is 561 g/mol. The third kappa shape index (κ3) is 3.67. The molecule has 2 saturated heterocycles. The first-order valence-electron chi connectivity index (χ1n) is 13.0. The van der Waals surface area contributed by atoms with Crippen LogP contribution in [0.4, 0.5) is 9.59 Å². The highest BCUT2D eigenvalue weighted by Gasteiger charge is 2.78. The summed E-state index contributed by atoms with van der Waals surface area (Å²) in [5, 5.41) is 0. The Morgan fingerprint density at radius 1 is 1.15 bits per heavy atom. The Kier molecular flexibility index (Phi) is 6.11. The number of carbonyl (C=O) groups is 5. The topological polar surface area (TPSA) is 155 Å². The van der Waals surface area contributed by atoms with Gasteiger partial charge in [0.05, 0.1) is 23.2 Å². The van der Waals surface area contributed by atoms with E-state index in [1.54, 1.807) is 35.2 Å². The van der Waals surface area contributed by atoms with Crippen molar-refractivity contribution in [3.63, 3.8) is 0 Å². The van der Waals surface area contributed by atoms with Crippen LogP contribution in [0.2, 0.25) is 0 Å². The smallest absolute Gasteiger partial charge is 0.410 e. The molecule has 12 nitrogen and oxygen atoms in total. The number of hydrogen-bond acceptors (Lipinski definition) is 10.